The van der Waals surface area contributed by atoms with Crippen molar-refractivity contribution in [3.63, 3.8) is 0 Å². The number of halogens is 1. The second-order valence-electron chi connectivity index (χ2n) is 6.29. The number of aliphatic carboxylic acids is 1. The number of furan rings is 1. The van der Waals surface area contributed by atoms with E-state index >= 15 is 0 Å². The summed E-state index contributed by atoms with van der Waals surface area (Å²) < 4.78 is 19.4. The topological polar surface area (TPSA) is 70.8 Å². The Morgan fingerprint density at radius 2 is 2.00 bits per heavy atom. The third kappa shape index (κ3) is 3.90. The van der Waals surface area contributed by atoms with Crippen LogP contribution in [0.2, 0.25) is 0 Å². The van der Waals surface area contributed by atoms with Crippen molar-refractivity contribution in [3.05, 3.63) is 48.0 Å². The van der Waals surface area contributed by atoms with Crippen molar-refractivity contribution in [2.24, 2.45) is 0 Å². The Morgan fingerprint density at radius 3 is 2.64 bits per heavy atom. The highest BCUT2D eigenvalue weighted by atomic mass is 19.1. The highest BCUT2D eigenvalue weighted by Crippen LogP contribution is 2.30. The van der Waals surface area contributed by atoms with Gasteiger partial charge in [0.1, 0.15) is 23.4 Å². The lowest BCUT2D eigenvalue weighted by Gasteiger charge is -2.26. The molecule has 1 aliphatic rings. The summed E-state index contributed by atoms with van der Waals surface area (Å²) in [5, 5.41) is 9.17. The minimum atomic E-state index is -1.000. The summed E-state index contributed by atoms with van der Waals surface area (Å²) in [5.41, 5.74) is 0.374. The SMILES string of the molecule is CC(C(=O)O)N(C(=O)CCc1ccc(-c2ccccc2F)o1)C1CC1. The van der Waals surface area contributed by atoms with Crippen LogP contribution in [0.5, 0.6) is 0 Å². The fourth-order valence-electron chi connectivity index (χ4n) is 2.88. The molecular formula is C19H20FNO4. The molecule has 6 heteroatoms. The van der Waals surface area contributed by atoms with E-state index in [4.69, 9.17) is 4.42 Å². The molecule has 1 unspecified atom stereocenters. The van der Waals surface area contributed by atoms with Gasteiger partial charge in [0, 0.05) is 18.9 Å². The van der Waals surface area contributed by atoms with E-state index in [2.05, 4.69) is 0 Å². The number of carbonyl (C=O) groups is 2. The van der Waals surface area contributed by atoms with Gasteiger partial charge in [0.25, 0.3) is 0 Å². The van der Waals surface area contributed by atoms with E-state index in [0.717, 1.165) is 12.8 Å². The van der Waals surface area contributed by atoms with Crippen LogP contribution in [-0.4, -0.2) is 34.0 Å². The summed E-state index contributed by atoms with van der Waals surface area (Å²) in [6, 6.07) is 8.93. The zero-order valence-corrected chi connectivity index (χ0v) is 13.9. The number of carboxylic acid groups (broad SMARTS) is 1. The molecule has 0 spiro atoms. The maximum Gasteiger partial charge on any atom is 0.326 e. The minimum Gasteiger partial charge on any atom is -0.480 e. The Morgan fingerprint density at radius 1 is 1.28 bits per heavy atom. The second kappa shape index (κ2) is 7.09. The van der Waals surface area contributed by atoms with Gasteiger partial charge in [-0.1, -0.05) is 12.1 Å². The van der Waals surface area contributed by atoms with Crippen molar-refractivity contribution in [2.75, 3.05) is 0 Å². The molecule has 1 heterocycles. The predicted molar refractivity (Wildman–Crippen MR) is 89.4 cm³/mol. The van der Waals surface area contributed by atoms with Gasteiger partial charge < -0.3 is 14.4 Å². The largest absolute Gasteiger partial charge is 0.480 e. The van der Waals surface area contributed by atoms with Gasteiger partial charge in [0.15, 0.2) is 0 Å². The highest BCUT2D eigenvalue weighted by molar-refractivity contribution is 5.84. The van der Waals surface area contributed by atoms with Crippen LogP contribution in [-0.2, 0) is 16.0 Å². The van der Waals surface area contributed by atoms with E-state index in [9.17, 15) is 19.1 Å². The Balaban J connectivity index is 1.64. The van der Waals surface area contributed by atoms with Crippen LogP contribution in [0.15, 0.2) is 40.8 Å². The Labute approximate surface area is 145 Å². The molecule has 0 bridgehead atoms. The Bertz CT molecular complexity index is 781. The fourth-order valence-corrected chi connectivity index (χ4v) is 2.88. The van der Waals surface area contributed by atoms with Crippen molar-refractivity contribution in [1.29, 1.82) is 0 Å². The molecule has 0 radical (unpaired) electrons. The van der Waals surface area contributed by atoms with Crippen molar-refractivity contribution in [3.8, 4) is 11.3 Å². The van der Waals surface area contributed by atoms with Crippen LogP contribution in [0.4, 0.5) is 4.39 Å². The molecule has 1 saturated carbocycles. The highest BCUT2D eigenvalue weighted by Gasteiger charge is 2.38. The zero-order valence-electron chi connectivity index (χ0n) is 13.9. The van der Waals surface area contributed by atoms with Crippen LogP contribution in [0.1, 0.15) is 31.9 Å². The molecular weight excluding hydrogens is 325 g/mol. The number of amides is 1. The van der Waals surface area contributed by atoms with E-state index < -0.39 is 12.0 Å². The smallest absolute Gasteiger partial charge is 0.326 e. The van der Waals surface area contributed by atoms with Gasteiger partial charge in [0.2, 0.25) is 5.91 Å². The maximum absolute atomic E-state index is 13.8. The summed E-state index contributed by atoms with van der Waals surface area (Å²) in [6.45, 7) is 1.53. The molecule has 1 aromatic heterocycles. The fraction of sp³-hybridized carbons (Fsp3) is 0.368. The average Bonchev–Trinajstić information content (AvgIpc) is 3.30. The number of benzene rings is 1. The number of hydrogen-bond acceptors (Lipinski definition) is 3. The number of hydrogen-bond donors (Lipinski definition) is 1. The van der Waals surface area contributed by atoms with Crippen molar-refractivity contribution < 1.29 is 23.5 Å². The van der Waals surface area contributed by atoms with Gasteiger partial charge in [-0.3, -0.25) is 4.79 Å². The summed E-state index contributed by atoms with van der Waals surface area (Å²) >= 11 is 0. The summed E-state index contributed by atoms with van der Waals surface area (Å²) in [4.78, 5) is 25.1. The van der Waals surface area contributed by atoms with Crippen molar-refractivity contribution >= 4 is 11.9 Å². The first-order valence-electron chi connectivity index (χ1n) is 8.35. The van der Waals surface area contributed by atoms with Crippen LogP contribution in [0.25, 0.3) is 11.3 Å². The van der Waals surface area contributed by atoms with Gasteiger partial charge in [-0.15, -0.1) is 0 Å². The van der Waals surface area contributed by atoms with Gasteiger partial charge in [-0.2, -0.15) is 0 Å². The Kier molecular flexibility index (Phi) is 4.88. The summed E-state index contributed by atoms with van der Waals surface area (Å²) in [7, 11) is 0. The van der Waals surface area contributed by atoms with E-state index in [1.54, 1.807) is 30.3 Å². The standard InChI is InChI=1S/C19H20FNO4/c1-12(19(23)24)21(13-6-7-13)18(22)11-9-14-8-10-17(25-14)15-4-2-3-5-16(15)20/h2-5,8,10,12-13H,6-7,9,11H2,1H3,(H,23,24). The third-order valence-corrected chi connectivity index (χ3v) is 4.39. The lowest BCUT2D eigenvalue weighted by atomic mass is 10.1. The second-order valence-corrected chi connectivity index (χ2v) is 6.29. The van der Waals surface area contributed by atoms with Crippen LogP contribution >= 0.6 is 0 Å². The number of aryl methyl sites for hydroxylation is 1. The van der Waals surface area contributed by atoms with Gasteiger partial charge in [-0.05, 0) is 44.0 Å². The summed E-state index contributed by atoms with van der Waals surface area (Å²) in [6.07, 6.45) is 2.21. The van der Waals surface area contributed by atoms with E-state index in [-0.39, 0.29) is 24.2 Å². The first-order valence-corrected chi connectivity index (χ1v) is 8.35. The minimum absolute atomic E-state index is 0.0316. The summed E-state index contributed by atoms with van der Waals surface area (Å²) in [5.74, 6) is -0.570. The van der Waals surface area contributed by atoms with Crippen LogP contribution in [0, 0.1) is 5.82 Å². The van der Waals surface area contributed by atoms with Gasteiger partial charge in [0.05, 0.1) is 5.56 Å². The molecule has 1 fully saturated rings. The van der Waals surface area contributed by atoms with E-state index in [0.29, 0.717) is 23.5 Å². The zero-order chi connectivity index (χ0) is 18.0. The quantitative estimate of drug-likeness (QED) is 0.834. The monoisotopic (exact) mass is 345 g/mol. The van der Waals surface area contributed by atoms with E-state index in [1.807, 2.05) is 0 Å². The van der Waals surface area contributed by atoms with Crippen LogP contribution < -0.4 is 0 Å². The molecule has 1 amide bonds. The molecule has 132 valence electrons. The van der Waals surface area contributed by atoms with Crippen molar-refractivity contribution in [2.45, 2.75) is 44.7 Å². The number of nitrogens with zero attached hydrogens (tertiary/aromatic N) is 1. The molecule has 3 rings (SSSR count). The lowest BCUT2D eigenvalue weighted by Crippen LogP contribution is -2.44. The van der Waals surface area contributed by atoms with Crippen LogP contribution in [0.3, 0.4) is 0 Å². The molecule has 0 aliphatic heterocycles. The average molecular weight is 345 g/mol. The molecule has 1 atom stereocenters. The number of carbonyl (C=O) groups excluding carboxylic acids is 1. The molecule has 25 heavy (non-hydrogen) atoms. The first kappa shape index (κ1) is 17.2. The lowest BCUT2D eigenvalue weighted by molar-refractivity contribution is -0.150. The number of rotatable bonds is 7. The normalized spacial score (nSPS) is 15.0. The van der Waals surface area contributed by atoms with Gasteiger partial charge in [-0.25, -0.2) is 9.18 Å². The number of carboxylic acids is 1. The van der Waals surface area contributed by atoms with Gasteiger partial charge >= 0.3 is 5.97 Å². The molecule has 1 aliphatic carbocycles. The first-order chi connectivity index (χ1) is 12.0. The molecule has 5 nitrogen and oxygen atoms in total. The van der Waals surface area contributed by atoms with E-state index in [1.165, 1.54) is 17.9 Å². The third-order valence-electron chi connectivity index (χ3n) is 4.39. The molecule has 0 saturated heterocycles. The Hall–Kier alpha value is -2.63. The molecule has 1 N–H and O–H groups in total. The molecule has 1 aromatic carbocycles. The molecule has 2 aromatic rings. The van der Waals surface area contributed by atoms with Crippen molar-refractivity contribution in [1.82, 2.24) is 4.90 Å². The maximum atomic E-state index is 13.8. The predicted octanol–water partition coefficient (Wildman–Crippen LogP) is 3.48.